The zero-order chi connectivity index (χ0) is 11.1. The molecule has 0 spiro atoms. The van der Waals surface area contributed by atoms with Gasteiger partial charge in [-0.15, -0.1) is 0 Å². The van der Waals surface area contributed by atoms with Crippen molar-refractivity contribution in [1.29, 1.82) is 0 Å². The molecule has 0 bridgehead atoms. The molecule has 1 unspecified atom stereocenters. The van der Waals surface area contributed by atoms with Gasteiger partial charge in [-0.3, -0.25) is 0 Å². The summed E-state index contributed by atoms with van der Waals surface area (Å²) < 4.78 is 0. The molecule has 0 radical (unpaired) electrons. The number of hydrogen-bond donors (Lipinski definition) is 1. The SMILES string of the molecule is CNCCC(CC(C)C)c1ccccc1. The van der Waals surface area contributed by atoms with Crippen molar-refractivity contribution in [2.45, 2.75) is 32.6 Å². The second-order valence-electron chi connectivity index (χ2n) is 4.63. The largest absolute Gasteiger partial charge is 0.320 e. The molecule has 1 N–H and O–H groups in total. The lowest BCUT2D eigenvalue weighted by Crippen LogP contribution is -2.13. The molecule has 0 saturated carbocycles. The Balaban J connectivity index is 2.63. The molecular weight excluding hydrogens is 182 g/mol. The first-order valence-corrected chi connectivity index (χ1v) is 5.93. The van der Waals surface area contributed by atoms with Crippen molar-refractivity contribution in [2.75, 3.05) is 13.6 Å². The lowest BCUT2D eigenvalue weighted by molar-refractivity contribution is 0.470. The molecule has 0 aromatic heterocycles. The average molecular weight is 205 g/mol. The van der Waals surface area contributed by atoms with E-state index in [1.165, 1.54) is 18.4 Å². The van der Waals surface area contributed by atoms with Crippen LogP contribution >= 0.6 is 0 Å². The second kappa shape index (κ2) is 6.62. The molecule has 0 amide bonds. The van der Waals surface area contributed by atoms with Gasteiger partial charge < -0.3 is 5.32 Å². The average Bonchev–Trinajstić information content (AvgIpc) is 2.25. The molecular formula is C14H23N. The third kappa shape index (κ3) is 4.48. The van der Waals surface area contributed by atoms with E-state index < -0.39 is 0 Å². The first-order valence-electron chi connectivity index (χ1n) is 5.93. The van der Waals surface area contributed by atoms with E-state index in [1.807, 2.05) is 7.05 Å². The fourth-order valence-electron chi connectivity index (χ4n) is 2.03. The number of rotatable bonds is 6. The van der Waals surface area contributed by atoms with Gasteiger partial charge in [0.05, 0.1) is 0 Å². The van der Waals surface area contributed by atoms with Crippen LogP contribution in [-0.4, -0.2) is 13.6 Å². The van der Waals surface area contributed by atoms with Crippen molar-refractivity contribution >= 4 is 0 Å². The molecule has 1 rings (SSSR count). The van der Waals surface area contributed by atoms with Crippen LogP contribution in [0.1, 0.15) is 38.2 Å². The van der Waals surface area contributed by atoms with E-state index in [1.54, 1.807) is 0 Å². The highest BCUT2D eigenvalue weighted by atomic mass is 14.8. The lowest BCUT2D eigenvalue weighted by Gasteiger charge is -2.19. The molecule has 0 aliphatic rings. The van der Waals surface area contributed by atoms with Crippen molar-refractivity contribution in [2.24, 2.45) is 5.92 Å². The maximum absolute atomic E-state index is 3.24. The minimum atomic E-state index is 0.707. The standard InChI is InChI=1S/C14H23N/c1-12(2)11-14(9-10-15-3)13-7-5-4-6-8-13/h4-8,12,14-15H,9-11H2,1-3H3. The summed E-state index contributed by atoms with van der Waals surface area (Å²) in [7, 11) is 2.03. The zero-order valence-electron chi connectivity index (χ0n) is 10.2. The highest BCUT2D eigenvalue weighted by molar-refractivity contribution is 5.19. The molecule has 84 valence electrons. The Labute approximate surface area is 93.9 Å². The topological polar surface area (TPSA) is 12.0 Å². The number of hydrogen-bond acceptors (Lipinski definition) is 1. The summed E-state index contributed by atoms with van der Waals surface area (Å²) in [4.78, 5) is 0. The molecule has 0 saturated heterocycles. The van der Waals surface area contributed by atoms with Crippen molar-refractivity contribution in [1.82, 2.24) is 5.32 Å². The van der Waals surface area contributed by atoms with E-state index in [9.17, 15) is 0 Å². The molecule has 0 fully saturated rings. The van der Waals surface area contributed by atoms with Crippen LogP contribution in [0.3, 0.4) is 0 Å². The number of nitrogens with one attached hydrogen (secondary N) is 1. The Hall–Kier alpha value is -0.820. The van der Waals surface area contributed by atoms with Gasteiger partial charge in [-0.05, 0) is 43.8 Å². The monoisotopic (exact) mass is 205 g/mol. The third-order valence-corrected chi connectivity index (χ3v) is 2.77. The van der Waals surface area contributed by atoms with E-state index >= 15 is 0 Å². The van der Waals surface area contributed by atoms with Gasteiger partial charge in [0.1, 0.15) is 0 Å². The van der Waals surface area contributed by atoms with Crippen LogP contribution in [0, 0.1) is 5.92 Å². The molecule has 0 aliphatic carbocycles. The van der Waals surface area contributed by atoms with Crippen LogP contribution in [0.25, 0.3) is 0 Å². The van der Waals surface area contributed by atoms with Crippen molar-refractivity contribution in [3.05, 3.63) is 35.9 Å². The van der Waals surface area contributed by atoms with Crippen molar-refractivity contribution in [3.63, 3.8) is 0 Å². The van der Waals surface area contributed by atoms with Crippen LogP contribution in [0.15, 0.2) is 30.3 Å². The van der Waals surface area contributed by atoms with Gasteiger partial charge in [-0.1, -0.05) is 44.2 Å². The first-order chi connectivity index (χ1) is 7.24. The summed E-state index contributed by atoms with van der Waals surface area (Å²) >= 11 is 0. The van der Waals surface area contributed by atoms with E-state index in [-0.39, 0.29) is 0 Å². The fourth-order valence-corrected chi connectivity index (χ4v) is 2.03. The van der Waals surface area contributed by atoms with Crippen LogP contribution < -0.4 is 5.32 Å². The third-order valence-electron chi connectivity index (χ3n) is 2.77. The molecule has 0 aliphatic heterocycles. The summed E-state index contributed by atoms with van der Waals surface area (Å²) in [6.45, 7) is 5.71. The molecule has 1 aromatic rings. The van der Waals surface area contributed by atoms with E-state index in [2.05, 4.69) is 49.5 Å². The Bertz CT molecular complexity index is 253. The molecule has 1 heteroatoms. The van der Waals surface area contributed by atoms with Gasteiger partial charge in [0.25, 0.3) is 0 Å². The molecule has 15 heavy (non-hydrogen) atoms. The van der Waals surface area contributed by atoms with Gasteiger partial charge in [-0.25, -0.2) is 0 Å². The summed E-state index contributed by atoms with van der Waals surface area (Å²) in [6, 6.07) is 10.9. The van der Waals surface area contributed by atoms with E-state index in [4.69, 9.17) is 0 Å². The quantitative estimate of drug-likeness (QED) is 0.750. The van der Waals surface area contributed by atoms with Crippen LogP contribution in [0.2, 0.25) is 0 Å². The highest BCUT2D eigenvalue weighted by Gasteiger charge is 2.12. The predicted molar refractivity (Wildman–Crippen MR) is 67.2 cm³/mol. The Morgan fingerprint density at radius 3 is 2.33 bits per heavy atom. The fraction of sp³-hybridized carbons (Fsp3) is 0.571. The summed E-state index contributed by atoms with van der Waals surface area (Å²) in [5.41, 5.74) is 1.49. The molecule has 1 aromatic carbocycles. The predicted octanol–water partition coefficient (Wildman–Crippen LogP) is 3.43. The Kier molecular flexibility index (Phi) is 5.41. The second-order valence-corrected chi connectivity index (χ2v) is 4.63. The van der Waals surface area contributed by atoms with Gasteiger partial charge in [0.15, 0.2) is 0 Å². The highest BCUT2D eigenvalue weighted by Crippen LogP contribution is 2.26. The van der Waals surface area contributed by atoms with Crippen LogP contribution in [0.5, 0.6) is 0 Å². The van der Waals surface area contributed by atoms with Gasteiger partial charge in [-0.2, -0.15) is 0 Å². The van der Waals surface area contributed by atoms with Crippen LogP contribution in [0.4, 0.5) is 0 Å². The van der Waals surface area contributed by atoms with Crippen LogP contribution in [-0.2, 0) is 0 Å². The molecule has 1 nitrogen and oxygen atoms in total. The molecule has 1 atom stereocenters. The maximum atomic E-state index is 3.24. The first kappa shape index (κ1) is 12.3. The Morgan fingerprint density at radius 2 is 1.80 bits per heavy atom. The zero-order valence-corrected chi connectivity index (χ0v) is 10.2. The summed E-state index contributed by atoms with van der Waals surface area (Å²) in [6.07, 6.45) is 2.52. The minimum absolute atomic E-state index is 0.707. The van der Waals surface area contributed by atoms with Crippen molar-refractivity contribution < 1.29 is 0 Å². The summed E-state index contributed by atoms with van der Waals surface area (Å²) in [5, 5.41) is 3.24. The van der Waals surface area contributed by atoms with E-state index in [0.29, 0.717) is 5.92 Å². The smallest absolute Gasteiger partial charge is 0.00461 e. The van der Waals surface area contributed by atoms with Crippen molar-refractivity contribution in [3.8, 4) is 0 Å². The van der Waals surface area contributed by atoms with Gasteiger partial charge in [0, 0.05) is 0 Å². The minimum Gasteiger partial charge on any atom is -0.320 e. The number of benzene rings is 1. The lowest BCUT2D eigenvalue weighted by atomic mass is 9.88. The van der Waals surface area contributed by atoms with E-state index in [0.717, 1.165) is 12.5 Å². The van der Waals surface area contributed by atoms with Gasteiger partial charge >= 0.3 is 0 Å². The summed E-state index contributed by atoms with van der Waals surface area (Å²) in [5.74, 6) is 1.48. The maximum Gasteiger partial charge on any atom is -0.00461 e. The normalized spacial score (nSPS) is 13.1. The Morgan fingerprint density at radius 1 is 1.13 bits per heavy atom. The molecule has 0 heterocycles. The van der Waals surface area contributed by atoms with Gasteiger partial charge in [0.2, 0.25) is 0 Å².